The molecule has 1 aliphatic rings. The topological polar surface area (TPSA) is 69.6 Å². The molecule has 1 fully saturated rings. The average Bonchev–Trinajstić information content (AvgIpc) is 2.14. The van der Waals surface area contributed by atoms with E-state index >= 15 is 0 Å². The zero-order valence-electron chi connectivity index (χ0n) is 9.31. The Morgan fingerprint density at radius 2 is 2.00 bits per heavy atom. The summed E-state index contributed by atoms with van der Waals surface area (Å²) in [5.74, 6) is 0. The van der Waals surface area contributed by atoms with Crippen molar-refractivity contribution >= 4 is 10.0 Å². The van der Waals surface area contributed by atoms with E-state index in [1.165, 1.54) is 10.6 Å². The first-order valence-corrected chi connectivity index (χ1v) is 7.11. The van der Waals surface area contributed by atoms with Crippen LogP contribution in [0.1, 0.15) is 19.8 Å². The van der Waals surface area contributed by atoms with E-state index in [0.29, 0.717) is 25.7 Å². The number of nitrogens with zero attached hydrogens (tertiary/aromatic N) is 1. The van der Waals surface area contributed by atoms with Gasteiger partial charge in [-0.25, -0.2) is 12.7 Å². The second kappa shape index (κ2) is 5.25. The zero-order valence-corrected chi connectivity index (χ0v) is 10.1. The maximum atomic E-state index is 11.2. The molecule has 0 aliphatic carbocycles. The van der Waals surface area contributed by atoms with Crippen LogP contribution in [0, 0.1) is 0 Å². The van der Waals surface area contributed by atoms with Gasteiger partial charge in [0, 0.05) is 25.7 Å². The fourth-order valence-corrected chi connectivity index (χ4v) is 2.60. The molecule has 90 valence electrons. The summed E-state index contributed by atoms with van der Waals surface area (Å²) in [4.78, 5) is 0. The van der Waals surface area contributed by atoms with Crippen LogP contribution in [0.4, 0.5) is 0 Å². The van der Waals surface area contributed by atoms with Gasteiger partial charge in [-0.3, -0.25) is 0 Å². The van der Waals surface area contributed by atoms with Crippen molar-refractivity contribution in [2.24, 2.45) is 0 Å². The second-order valence-electron chi connectivity index (χ2n) is 4.19. The van der Waals surface area contributed by atoms with Gasteiger partial charge in [0.25, 0.3) is 0 Å². The van der Waals surface area contributed by atoms with Crippen molar-refractivity contribution in [2.45, 2.75) is 31.9 Å². The highest BCUT2D eigenvalue weighted by Crippen LogP contribution is 2.12. The van der Waals surface area contributed by atoms with E-state index in [4.69, 9.17) is 5.11 Å². The molecule has 1 rings (SSSR count). The lowest BCUT2D eigenvalue weighted by atomic mass is 10.1. The number of rotatable bonds is 4. The van der Waals surface area contributed by atoms with Crippen molar-refractivity contribution in [3.05, 3.63) is 0 Å². The van der Waals surface area contributed by atoms with Crippen molar-refractivity contribution < 1.29 is 13.5 Å². The van der Waals surface area contributed by atoms with E-state index < -0.39 is 10.0 Å². The highest BCUT2D eigenvalue weighted by atomic mass is 32.2. The predicted octanol–water partition coefficient (Wildman–Crippen LogP) is -0.619. The molecule has 1 heterocycles. The van der Waals surface area contributed by atoms with Crippen molar-refractivity contribution in [2.75, 3.05) is 25.9 Å². The molecule has 5 nitrogen and oxygen atoms in total. The summed E-state index contributed by atoms with van der Waals surface area (Å²) in [5, 5.41) is 12.3. The van der Waals surface area contributed by atoms with Gasteiger partial charge >= 0.3 is 0 Å². The lowest BCUT2D eigenvalue weighted by molar-refractivity contribution is 0.177. The van der Waals surface area contributed by atoms with E-state index in [9.17, 15) is 8.42 Å². The quantitative estimate of drug-likeness (QED) is 0.682. The van der Waals surface area contributed by atoms with Crippen LogP contribution < -0.4 is 5.32 Å². The number of sulfonamides is 1. The van der Waals surface area contributed by atoms with Gasteiger partial charge in [0.1, 0.15) is 0 Å². The fourth-order valence-electron chi connectivity index (χ4n) is 1.73. The molecular weight excluding hydrogens is 216 g/mol. The van der Waals surface area contributed by atoms with Crippen LogP contribution in [-0.4, -0.2) is 55.9 Å². The predicted molar refractivity (Wildman–Crippen MR) is 59.1 cm³/mol. The Hall–Kier alpha value is -0.170. The SMILES string of the molecule is C[C@@H](O)CNC1CCN(S(C)(=O)=O)CC1. The molecule has 0 amide bonds. The first kappa shape index (κ1) is 12.9. The molecule has 0 aromatic heterocycles. The van der Waals surface area contributed by atoms with E-state index in [-0.39, 0.29) is 6.10 Å². The molecule has 6 heteroatoms. The standard InChI is InChI=1S/C9H20N2O3S/c1-8(12)7-10-9-3-5-11(6-4-9)15(2,13)14/h8-10,12H,3-7H2,1-2H3/t8-/m1/s1. The molecular formula is C9H20N2O3S. The Morgan fingerprint density at radius 3 is 2.40 bits per heavy atom. The second-order valence-corrected chi connectivity index (χ2v) is 6.18. The number of aliphatic hydroxyl groups is 1. The lowest BCUT2D eigenvalue weighted by Crippen LogP contribution is -2.45. The van der Waals surface area contributed by atoms with E-state index in [0.717, 1.165) is 12.8 Å². The largest absolute Gasteiger partial charge is 0.392 e. The maximum Gasteiger partial charge on any atom is 0.211 e. The summed E-state index contributed by atoms with van der Waals surface area (Å²) in [6.45, 7) is 3.47. The van der Waals surface area contributed by atoms with Crippen molar-refractivity contribution in [3.63, 3.8) is 0 Å². The van der Waals surface area contributed by atoms with Crippen molar-refractivity contribution in [1.82, 2.24) is 9.62 Å². The van der Waals surface area contributed by atoms with Gasteiger partial charge < -0.3 is 10.4 Å². The maximum absolute atomic E-state index is 11.2. The third-order valence-corrected chi connectivity index (χ3v) is 3.93. The fraction of sp³-hybridized carbons (Fsp3) is 1.00. The molecule has 0 saturated carbocycles. The summed E-state index contributed by atoms with van der Waals surface area (Å²) in [6.07, 6.45) is 2.54. The number of piperidine rings is 1. The van der Waals surface area contributed by atoms with Crippen LogP contribution in [0.3, 0.4) is 0 Å². The van der Waals surface area contributed by atoms with Gasteiger partial charge in [-0.05, 0) is 19.8 Å². The first-order valence-electron chi connectivity index (χ1n) is 5.26. The smallest absolute Gasteiger partial charge is 0.211 e. The van der Waals surface area contributed by atoms with Crippen molar-refractivity contribution in [3.8, 4) is 0 Å². The van der Waals surface area contributed by atoms with Crippen LogP contribution in [0.5, 0.6) is 0 Å². The molecule has 1 saturated heterocycles. The van der Waals surface area contributed by atoms with Crippen LogP contribution in [0.25, 0.3) is 0 Å². The Balaban J connectivity index is 2.30. The molecule has 2 N–H and O–H groups in total. The summed E-state index contributed by atoms with van der Waals surface area (Å²) >= 11 is 0. The molecule has 0 bridgehead atoms. The Kier molecular flexibility index (Phi) is 4.51. The van der Waals surface area contributed by atoms with E-state index in [1.54, 1.807) is 6.92 Å². The van der Waals surface area contributed by atoms with Gasteiger partial charge in [-0.2, -0.15) is 0 Å². The molecule has 0 radical (unpaired) electrons. The molecule has 1 atom stereocenters. The summed E-state index contributed by atoms with van der Waals surface area (Å²) in [7, 11) is -3.02. The van der Waals surface area contributed by atoms with Crippen LogP contribution >= 0.6 is 0 Å². The molecule has 0 unspecified atom stereocenters. The van der Waals surface area contributed by atoms with Gasteiger partial charge in [-0.1, -0.05) is 0 Å². The van der Waals surface area contributed by atoms with Crippen LogP contribution in [-0.2, 0) is 10.0 Å². The third-order valence-electron chi connectivity index (χ3n) is 2.62. The lowest BCUT2D eigenvalue weighted by Gasteiger charge is -2.31. The van der Waals surface area contributed by atoms with Gasteiger partial charge in [0.2, 0.25) is 10.0 Å². The minimum Gasteiger partial charge on any atom is -0.392 e. The summed E-state index contributed by atoms with van der Waals surface area (Å²) in [6, 6.07) is 0.331. The van der Waals surface area contributed by atoms with Crippen molar-refractivity contribution in [1.29, 1.82) is 0 Å². The van der Waals surface area contributed by atoms with E-state index in [2.05, 4.69) is 5.32 Å². The van der Waals surface area contributed by atoms with Gasteiger partial charge in [0.15, 0.2) is 0 Å². The minimum atomic E-state index is -3.02. The molecule has 0 aromatic rings. The van der Waals surface area contributed by atoms with Crippen LogP contribution in [0.2, 0.25) is 0 Å². The first-order chi connectivity index (χ1) is 6.89. The number of nitrogens with one attached hydrogen (secondary N) is 1. The van der Waals surface area contributed by atoms with E-state index in [1.807, 2.05) is 0 Å². The molecule has 0 aromatic carbocycles. The van der Waals surface area contributed by atoms with Gasteiger partial charge in [0.05, 0.1) is 12.4 Å². The number of aliphatic hydroxyl groups excluding tert-OH is 1. The molecule has 0 spiro atoms. The summed E-state index contributed by atoms with van der Waals surface area (Å²) < 4.78 is 24.0. The zero-order chi connectivity index (χ0) is 11.5. The number of hydrogen-bond acceptors (Lipinski definition) is 4. The molecule has 1 aliphatic heterocycles. The minimum absolute atomic E-state index is 0.331. The Bertz CT molecular complexity index is 282. The molecule has 15 heavy (non-hydrogen) atoms. The number of hydrogen-bond donors (Lipinski definition) is 2. The Morgan fingerprint density at radius 1 is 1.47 bits per heavy atom. The highest BCUT2D eigenvalue weighted by molar-refractivity contribution is 7.88. The highest BCUT2D eigenvalue weighted by Gasteiger charge is 2.24. The van der Waals surface area contributed by atoms with Gasteiger partial charge in [-0.15, -0.1) is 0 Å². The monoisotopic (exact) mass is 236 g/mol. The Labute approximate surface area is 91.5 Å². The third kappa shape index (κ3) is 4.46. The van der Waals surface area contributed by atoms with Crippen LogP contribution in [0.15, 0.2) is 0 Å². The average molecular weight is 236 g/mol. The summed E-state index contributed by atoms with van der Waals surface area (Å²) in [5.41, 5.74) is 0. The normalized spacial score (nSPS) is 22.9.